The number of anilines is 1. The molecular formula is C14H17N5O2. The third-order valence-corrected chi connectivity index (χ3v) is 3.62. The lowest BCUT2D eigenvalue weighted by atomic mass is 10.2. The van der Waals surface area contributed by atoms with Gasteiger partial charge in [0.05, 0.1) is 6.20 Å². The molecule has 0 aliphatic carbocycles. The van der Waals surface area contributed by atoms with Crippen LogP contribution in [0.2, 0.25) is 0 Å². The van der Waals surface area contributed by atoms with Crippen molar-refractivity contribution < 1.29 is 4.79 Å². The Hall–Kier alpha value is -2.44. The van der Waals surface area contributed by atoms with Crippen LogP contribution in [-0.4, -0.2) is 31.6 Å². The summed E-state index contributed by atoms with van der Waals surface area (Å²) in [6.07, 6.45) is 3.50. The van der Waals surface area contributed by atoms with Crippen LogP contribution in [0.15, 0.2) is 23.6 Å². The van der Waals surface area contributed by atoms with Gasteiger partial charge < -0.3 is 0 Å². The van der Waals surface area contributed by atoms with E-state index < -0.39 is 0 Å². The summed E-state index contributed by atoms with van der Waals surface area (Å²) in [5, 5.41) is 4.48. The summed E-state index contributed by atoms with van der Waals surface area (Å²) in [4.78, 5) is 30.3. The molecule has 0 atom stereocenters. The van der Waals surface area contributed by atoms with Crippen LogP contribution < -0.4 is 10.5 Å². The van der Waals surface area contributed by atoms with Crippen molar-refractivity contribution in [3.8, 4) is 0 Å². The molecule has 0 fully saturated rings. The molecule has 7 nitrogen and oxygen atoms in total. The maximum absolute atomic E-state index is 12.6. The second-order valence-electron chi connectivity index (χ2n) is 5.37. The molecule has 110 valence electrons. The Morgan fingerprint density at radius 3 is 2.86 bits per heavy atom. The van der Waals surface area contributed by atoms with Gasteiger partial charge in [-0.25, -0.2) is 9.50 Å². The van der Waals surface area contributed by atoms with Crippen molar-refractivity contribution in [1.82, 2.24) is 19.2 Å². The van der Waals surface area contributed by atoms with Crippen molar-refractivity contribution in [2.24, 2.45) is 0 Å². The van der Waals surface area contributed by atoms with Gasteiger partial charge in [0.1, 0.15) is 5.82 Å². The maximum Gasteiger partial charge on any atom is 0.280 e. The molecule has 21 heavy (non-hydrogen) atoms. The molecule has 2 aromatic heterocycles. The Bertz CT molecular complexity index is 786. The lowest BCUT2D eigenvalue weighted by molar-refractivity contribution is -0.114. The van der Waals surface area contributed by atoms with Crippen molar-refractivity contribution in [2.75, 3.05) is 11.4 Å². The van der Waals surface area contributed by atoms with Crippen LogP contribution in [0.25, 0.3) is 5.52 Å². The molecule has 0 N–H and O–H groups in total. The van der Waals surface area contributed by atoms with Gasteiger partial charge in [-0.1, -0.05) is 20.4 Å². The predicted octanol–water partition coefficient (Wildman–Crippen LogP) is 0.937. The largest absolute Gasteiger partial charge is 0.280 e. The third-order valence-electron chi connectivity index (χ3n) is 3.62. The Kier molecular flexibility index (Phi) is 3.12. The van der Waals surface area contributed by atoms with E-state index in [9.17, 15) is 9.59 Å². The van der Waals surface area contributed by atoms with Gasteiger partial charge >= 0.3 is 0 Å². The zero-order chi connectivity index (χ0) is 15.1. The second-order valence-corrected chi connectivity index (χ2v) is 5.37. The zero-order valence-corrected chi connectivity index (χ0v) is 12.1. The van der Waals surface area contributed by atoms with Crippen molar-refractivity contribution in [3.05, 3.63) is 35.0 Å². The highest BCUT2D eigenvalue weighted by Crippen LogP contribution is 2.19. The first-order valence-corrected chi connectivity index (χ1v) is 6.97. The normalized spacial score (nSPS) is 14.5. The van der Waals surface area contributed by atoms with E-state index in [0.29, 0.717) is 30.4 Å². The van der Waals surface area contributed by atoms with E-state index in [1.807, 2.05) is 13.8 Å². The highest BCUT2D eigenvalue weighted by Gasteiger charge is 2.26. The van der Waals surface area contributed by atoms with E-state index >= 15 is 0 Å². The van der Waals surface area contributed by atoms with Crippen LogP contribution in [0, 0.1) is 0 Å². The monoisotopic (exact) mass is 287 g/mol. The quantitative estimate of drug-likeness (QED) is 0.770. The van der Waals surface area contributed by atoms with E-state index in [4.69, 9.17) is 0 Å². The van der Waals surface area contributed by atoms with Gasteiger partial charge in [0.15, 0.2) is 5.52 Å². The summed E-state index contributed by atoms with van der Waals surface area (Å²) in [6.45, 7) is 8.57. The molecule has 2 aromatic rings. The van der Waals surface area contributed by atoms with Crippen LogP contribution in [0.1, 0.15) is 32.0 Å². The first kappa shape index (κ1) is 13.5. The van der Waals surface area contributed by atoms with E-state index in [0.717, 1.165) is 6.42 Å². The number of carbonyl (C=O) groups excluding carboxylic acids is 1. The van der Waals surface area contributed by atoms with Crippen LogP contribution in [0.3, 0.4) is 0 Å². The molecule has 0 unspecified atom stereocenters. The van der Waals surface area contributed by atoms with Crippen molar-refractivity contribution in [2.45, 2.75) is 32.7 Å². The number of imidazole rings is 1. The fourth-order valence-electron chi connectivity index (χ4n) is 2.58. The molecule has 0 spiro atoms. The maximum atomic E-state index is 12.6. The number of nitrogens with zero attached hydrogens (tertiary/aromatic N) is 5. The molecule has 3 rings (SSSR count). The summed E-state index contributed by atoms with van der Waals surface area (Å²) in [6, 6.07) is 0. The number of fused-ring (bicyclic) bond motifs is 2. The summed E-state index contributed by atoms with van der Waals surface area (Å²) >= 11 is 0. The summed E-state index contributed by atoms with van der Waals surface area (Å²) in [5.74, 6) is 0.959. The highest BCUT2D eigenvalue weighted by atomic mass is 16.2. The van der Waals surface area contributed by atoms with E-state index in [2.05, 4.69) is 16.7 Å². The average molecular weight is 287 g/mol. The molecule has 3 heterocycles. The standard InChI is InChI=1S/C14H17N5O2/c1-4-11(20)17-6-5-7-18-13(21)10-8-15-12(9(2)3)19(10)16-14(17)18/h4,8-9H,1,5-7H2,2-3H3. The van der Waals surface area contributed by atoms with Gasteiger partial charge in [0.25, 0.3) is 11.5 Å². The number of hydrogen-bond acceptors (Lipinski definition) is 4. The van der Waals surface area contributed by atoms with Gasteiger partial charge in [0.2, 0.25) is 5.95 Å². The molecule has 7 heteroatoms. The van der Waals surface area contributed by atoms with Gasteiger partial charge in [-0.15, -0.1) is 5.10 Å². The molecule has 0 aromatic carbocycles. The smallest absolute Gasteiger partial charge is 0.277 e. The number of hydrogen-bond donors (Lipinski definition) is 0. The molecular weight excluding hydrogens is 270 g/mol. The Labute approximate surface area is 121 Å². The van der Waals surface area contributed by atoms with Gasteiger partial charge in [-0.2, -0.15) is 0 Å². The van der Waals surface area contributed by atoms with Crippen LogP contribution in [-0.2, 0) is 11.3 Å². The van der Waals surface area contributed by atoms with Crippen LogP contribution in [0.4, 0.5) is 5.95 Å². The molecule has 1 amide bonds. The Morgan fingerprint density at radius 1 is 1.43 bits per heavy atom. The fourth-order valence-corrected chi connectivity index (χ4v) is 2.58. The summed E-state index contributed by atoms with van der Waals surface area (Å²) < 4.78 is 3.08. The molecule has 0 saturated carbocycles. The van der Waals surface area contributed by atoms with Crippen molar-refractivity contribution in [1.29, 1.82) is 0 Å². The molecule has 1 aliphatic rings. The van der Waals surface area contributed by atoms with Gasteiger partial charge in [-0.3, -0.25) is 19.1 Å². The van der Waals surface area contributed by atoms with E-state index in [1.54, 1.807) is 10.7 Å². The first-order valence-electron chi connectivity index (χ1n) is 6.97. The summed E-state index contributed by atoms with van der Waals surface area (Å²) in [7, 11) is 0. The molecule has 0 radical (unpaired) electrons. The third kappa shape index (κ3) is 1.96. The number of rotatable bonds is 2. The predicted molar refractivity (Wildman–Crippen MR) is 78.5 cm³/mol. The first-order chi connectivity index (χ1) is 10.0. The summed E-state index contributed by atoms with van der Waals surface area (Å²) in [5.41, 5.74) is 0.274. The zero-order valence-electron chi connectivity index (χ0n) is 12.1. The number of aromatic nitrogens is 4. The lowest BCUT2D eigenvalue weighted by Crippen LogP contribution is -2.42. The van der Waals surface area contributed by atoms with E-state index in [-0.39, 0.29) is 17.4 Å². The van der Waals surface area contributed by atoms with Gasteiger partial charge in [-0.05, 0) is 12.5 Å². The SMILES string of the molecule is C=CC(=O)N1CCCn2c1nn1c(C(C)C)ncc1c2=O. The minimum atomic E-state index is -0.249. The number of carbonyl (C=O) groups is 1. The van der Waals surface area contributed by atoms with Crippen LogP contribution >= 0.6 is 0 Å². The van der Waals surface area contributed by atoms with Crippen molar-refractivity contribution >= 4 is 17.4 Å². The lowest BCUT2D eigenvalue weighted by Gasteiger charge is -2.28. The van der Waals surface area contributed by atoms with Gasteiger partial charge in [0, 0.05) is 19.0 Å². The fraction of sp³-hybridized carbons (Fsp3) is 0.429. The molecule has 0 bridgehead atoms. The molecule has 1 aliphatic heterocycles. The Morgan fingerprint density at radius 2 is 2.19 bits per heavy atom. The van der Waals surface area contributed by atoms with E-state index in [1.165, 1.54) is 15.5 Å². The molecule has 0 saturated heterocycles. The van der Waals surface area contributed by atoms with Crippen molar-refractivity contribution in [3.63, 3.8) is 0 Å². The minimum absolute atomic E-state index is 0.134. The minimum Gasteiger partial charge on any atom is -0.277 e. The second kappa shape index (κ2) is 4.83. The topological polar surface area (TPSA) is 72.5 Å². The van der Waals surface area contributed by atoms with Crippen LogP contribution in [0.5, 0.6) is 0 Å². The average Bonchev–Trinajstić information content (AvgIpc) is 2.90. The highest BCUT2D eigenvalue weighted by molar-refractivity contribution is 6.00. The number of amides is 1. The Balaban J connectivity index is 2.30.